The molecule has 1 aliphatic heterocycles. The van der Waals surface area contributed by atoms with Crippen LogP contribution in [0.4, 0.5) is 0 Å². The number of hydrogen-bond acceptors (Lipinski definition) is 4. The van der Waals surface area contributed by atoms with Gasteiger partial charge in [0.15, 0.2) is 6.04 Å². The van der Waals surface area contributed by atoms with Crippen LogP contribution in [0.15, 0.2) is 17.5 Å². The molecule has 19 heavy (non-hydrogen) atoms. The minimum Gasteiger partial charge on any atom is -0.480 e. The molecule has 0 bridgehead atoms. The Morgan fingerprint density at radius 1 is 1.63 bits per heavy atom. The Morgan fingerprint density at radius 3 is 3.05 bits per heavy atom. The summed E-state index contributed by atoms with van der Waals surface area (Å²) in [4.78, 5) is 26.1. The third-order valence-electron chi connectivity index (χ3n) is 3.21. The van der Waals surface area contributed by atoms with Crippen LogP contribution >= 0.6 is 11.3 Å². The topological polar surface area (TPSA) is 66.8 Å². The maximum atomic E-state index is 12.4. The molecule has 1 amide bonds. The van der Waals surface area contributed by atoms with Gasteiger partial charge in [-0.05, 0) is 17.9 Å². The highest BCUT2D eigenvalue weighted by atomic mass is 32.1. The quantitative estimate of drug-likeness (QED) is 0.903. The lowest BCUT2D eigenvalue weighted by atomic mass is 10.0. The van der Waals surface area contributed by atoms with Gasteiger partial charge in [0.1, 0.15) is 0 Å². The van der Waals surface area contributed by atoms with E-state index >= 15 is 0 Å². The maximum Gasteiger partial charge on any atom is 0.328 e. The summed E-state index contributed by atoms with van der Waals surface area (Å²) in [6.07, 6.45) is 0.653. The number of carboxylic acids is 1. The summed E-state index contributed by atoms with van der Waals surface area (Å²) < 4.78 is 5.14. The number of amides is 1. The smallest absolute Gasteiger partial charge is 0.328 e. The molecule has 1 saturated heterocycles. The van der Waals surface area contributed by atoms with E-state index in [9.17, 15) is 9.59 Å². The van der Waals surface area contributed by atoms with Gasteiger partial charge in [-0.1, -0.05) is 13.0 Å². The molecule has 0 saturated carbocycles. The number of thiophene rings is 1. The maximum absolute atomic E-state index is 12.4. The summed E-state index contributed by atoms with van der Waals surface area (Å²) >= 11 is 1.61. The lowest BCUT2D eigenvalue weighted by molar-refractivity contribution is -0.160. The number of carbonyl (C=O) groups excluding carboxylic acids is 1. The van der Waals surface area contributed by atoms with E-state index in [1.807, 2.05) is 24.4 Å². The predicted molar refractivity (Wildman–Crippen MR) is 71.1 cm³/mol. The van der Waals surface area contributed by atoms with Crippen molar-refractivity contribution in [3.63, 3.8) is 0 Å². The molecule has 2 rings (SSSR count). The van der Waals surface area contributed by atoms with Gasteiger partial charge in [0.25, 0.3) is 0 Å². The molecule has 1 aromatic rings. The standard InChI is InChI=1S/C13H17NO4S/c1-9(7-10-3-2-6-19-10)12(15)14-4-5-18-8-11(14)13(16)17/h2-3,6,9,11H,4-5,7-8H2,1H3,(H,16,17). The van der Waals surface area contributed by atoms with E-state index in [0.717, 1.165) is 4.88 Å². The lowest BCUT2D eigenvalue weighted by Crippen LogP contribution is -2.54. The van der Waals surface area contributed by atoms with E-state index in [1.54, 1.807) is 11.3 Å². The molecular formula is C13H17NO4S. The van der Waals surface area contributed by atoms with Gasteiger partial charge in [-0.3, -0.25) is 4.79 Å². The normalized spacial score (nSPS) is 21.1. The first kappa shape index (κ1) is 14.0. The van der Waals surface area contributed by atoms with E-state index in [2.05, 4.69) is 0 Å². The van der Waals surface area contributed by atoms with Gasteiger partial charge in [0, 0.05) is 17.3 Å². The summed E-state index contributed by atoms with van der Waals surface area (Å²) in [5.41, 5.74) is 0. The Morgan fingerprint density at radius 2 is 2.42 bits per heavy atom. The van der Waals surface area contributed by atoms with Crippen molar-refractivity contribution in [2.24, 2.45) is 5.92 Å². The second-order valence-corrected chi connectivity index (χ2v) is 5.68. The molecule has 1 aliphatic rings. The van der Waals surface area contributed by atoms with Crippen LogP contribution in [0, 0.1) is 5.92 Å². The molecule has 104 valence electrons. The van der Waals surface area contributed by atoms with Gasteiger partial charge in [0.05, 0.1) is 13.2 Å². The fourth-order valence-corrected chi connectivity index (χ4v) is 3.01. The van der Waals surface area contributed by atoms with Crippen molar-refractivity contribution in [2.75, 3.05) is 19.8 Å². The molecule has 1 aromatic heterocycles. The van der Waals surface area contributed by atoms with Crippen LogP contribution in [-0.2, 0) is 20.7 Å². The molecule has 5 nitrogen and oxygen atoms in total. The van der Waals surface area contributed by atoms with Crippen molar-refractivity contribution >= 4 is 23.2 Å². The molecule has 0 aliphatic carbocycles. The van der Waals surface area contributed by atoms with Crippen LogP contribution in [0.25, 0.3) is 0 Å². The highest BCUT2D eigenvalue weighted by molar-refractivity contribution is 7.09. The summed E-state index contributed by atoms with van der Waals surface area (Å²) in [6.45, 7) is 2.68. The largest absolute Gasteiger partial charge is 0.480 e. The highest BCUT2D eigenvalue weighted by Gasteiger charge is 2.34. The lowest BCUT2D eigenvalue weighted by Gasteiger charge is -2.34. The van der Waals surface area contributed by atoms with E-state index < -0.39 is 12.0 Å². The van der Waals surface area contributed by atoms with Gasteiger partial charge in [-0.15, -0.1) is 11.3 Å². The van der Waals surface area contributed by atoms with Crippen molar-refractivity contribution in [3.8, 4) is 0 Å². The van der Waals surface area contributed by atoms with E-state index in [4.69, 9.17) is 9.84 Å². The molecule has 0 radical (unpaired) electrons. The highest BCUT2D eigenvalue weighted by Crippen LogP contribution is 2.18. The van der Waals surface area contributed by atoms with Gasteiger partial charge in [-0.2, -0.15) is 0 Å². The second-order valence-electron chi connectivity index (χ2n) is 4.65. The zero-order valence-corrected chi connectivity index (χ0v) is 11.6. The van der Waals surface area contributed by atoms with Crippen molar-refractivity contribution in [2.45, 2.75) is 19.4 Å². The van der Waals surface area contributed by atoms with Gasteiger partial charge >= 0.3 is 5.97 Å². The van der Waals surface area contributed by atoms with Crippen LogP contribution in [0.2, 0.25) is 0 Å². The number of rotatable bonds is 4. The molecule has 1 fully saturated rings. The average Bonchev–Trinajstić information content (AvgIpc) is 2.90. The van der Waals surface area contributed by atoms with Crippen LogP contribution in [0.3, 0.4) is 0 Å². The SMILES string of the molecule is CC(Cc1cccs1)C(=O)N1CCOCC1C(=O)O. The number of aliphatic carboxylic acids is 1. The Labute approximate surface area is 115 Å². The number of hydrogen-bond donors (Lipinski definition) is 1. The molecule has 2 atom stereocenters. The first-order valence-corrected chi connectivity index (χ1v) is 7.11. The van der Waals surface area contributed by atoms with Gasteiger partial charge in [0.2, 0.25) is 5.91 Å². The van der Waals surface area contributed by atoms with Crippen LogP contribution in [-0.4, -0.2) is 47.7 Å². The Hall–Kier alpha value is -1.40. The fraction of sp³-hybridized carbons (Fsp3) is 0.538. The predicted octanol–water partition coefficient (Wildman–Crippen LogP) is 1.24. The van der Waals surface area contributed by atoms with Crippen molar-refractivity contribution in [1.29, 1.82) is 0 Å². The Kier molecular flexibility index (Phi) is 4.55. The summed E-state index contributed by atoms with van der Waals surface area (Å²) in [5, 5.41) is 11.1. The molecule has 2 heterocycles. The van der Waals surface area contributed by atoms with Gasteiger partial charge in [-0.25, -0.2) is 4.79 Å². The number of nitrogens with zero attached hydrogens (tertiary/aromatic N) is 1. The summed E-state index contributed by atoms with van der Waals surface area (Å²) in [6, 6.07) is 3.08. The summed E-state index contributed by atoms with van der Waals surface area (Å²) in [5.74, 6) is -1.32. The van der Waals surface area contributed by atoms with E-state index in [-0.39, 0.29) is 18.4 Å². The van der Waals surface area contributed by atoms with Crippen molar-refractivity contribution in [1.82, 2.24) is 4.90 Å². The third-order valence-corrected chi connectivity index (χ3v) is 4.10. The average molecular weight is 283 g/mol. The number of ether oxygens (including phenoxy) is 1. The molecule has 0 spiro atoms. The second kappa shape index (κ2) is 6.16. The monoisotopic (exact) mass is 283 g/mol. The molecule has 6 heteroatoms. The molecule has 0 aromatic carbocycles. The van der Waals surface area contributed by atoms with E-state index in [0.29, 0.717) is 19.6 Å². The first-order chi connectivity index (χ1) is 9.09. The summed E-state index contributed by atoms with van der Waals surface area (Å²) in [7, 11) is 0. The zero-order chi connectivity index (χ0) is 13.8. The van der Waals surface area contributed by atoms with Crippen LogP contribution in [0.5, 0.6) is 0 Å². The zero-order valence-electron chi connectivity index (χ0n) is 10.7. The minimum absolute atomic E-state index is 0.0762. The van der Waals surface area contributed by atoms with Crippen molar-refractivity contribution < 1.29 is 19.4 Å². The minimum atomic E-state index is -1.00. The fourth-order valence-electron chi connectivity index (χ4n) is 2.17. The van der Waals surface area contributed by atoms with Crippen LogP contribution in [0.1, 0.15) is 11.8 Å². The van der Waals surface area contributed by atoms with Crippen molar-refractivity contribution in [3.05, 3.63) is 22.4 Å². The van der Waals surface area contributed by atoms with Gasteiger partial charge < -0.3 is 14.7 Å². The Bertz CT molecular complexity index is 446. The number of morpholine rings is 1. The molecule has 2 unspecified atom stereocenters. The van der Waals surface area contributed by atoms with E-state index in [1.165, 1.54) is 4.90 Å². The Balaban J connectivity index is 2.02. The van der Waals surface area contributed by atoms with Crippen LogP contribution < -0.4 is 0 Å². The molecular weight excluding hydrogens is 266 g/mol. The number of carboxylic acid groups (broad SMARTS) is 1. The first-order valence-electron chi connectivity index (χ1n) is 6.23. The number of carbonyl (C=O) groups is 2. The molecule has 1 N–H and O–H groups in total. The third kappa shape index (κ3) is 3.33.